The monoisotopic (exact) mass is 279 g/mol. The number of carbonyl (C=O) groups excluding carboxylic acids is 1. The second-order valence-corrected chi connectivity index (χ2v) is 4.32. The normalized spacial score (nSPS) is 13.8. The number of methoxy groups -OCH3 is 2. The van der Waals surface area contributed by atoms with Crippen LogP contribution in [0.15, 0.2) is 28.8 Å². The van der Waals surface area contributed by atoms with Crippen molar-refractivity contribution in [2.75, 3.05) is 20.8 Å². The van der Waals surface area contributed by atoms with Crippen molar-refractivity contribution >= 4 is 5.97 Å². The summed E-state index contributed by atoms with van der Waals surface area (Å²) in [7, 11) is 2.63. The van der Waals surface area contributed by atoms with E-state index < -0.39 is 5.97 Å². The maximum absolute atomic E-state index is 12.1. The summed E-state index contributed by atoms with van der Waals surface area (Å²) < 4.78 is 16.5. The molecule has 0 atom stereocenters. The van der Waals surface area contributed by atoms with Crippen LogP contribution < -0.4 is 10.3 Å². The molecular formula is C14H17NO5. The molecule has 0 amide bonds. The second kappa shape index (κ2) is 6.27. The van der Waals surface area contributed by atoms with Gasteiger partial charge in [0.1, 0.15) is 6.61 Å². The molecule has 0 saturated heterocycles. The zero-order chi connectivity index (χ0) is 14.5. The first-order chi connectivity index (χ1) is 9.67. The molecule has 108 valence electrons. The molecule has 0 unspecified atom stereocenters. The van der Waals surface area contributed by atoms with Crippen molar-refractivity contribution in [3.05, 3.63) is 40.0 Å². The third-order valence-electron chi connectivity index (χ3n) is 3.16. The molecule has 1 aromatic heterocycles. The van der Waals surface area contributed by atoms with Crippen LogP contribution in [0.3, 0.4) is 0 Å². The number of pyridine rings is 1. The molecule has 2 rings (SSSR count). The minimum absolute atomic E-state index is 0.0498. The van der Waals surface area contributed by atoms with Crippen LogP contribution in [0.4, 0.5) is 0 Å². The van der Waals surface area contributed by atoms with Gasteiger partial charge in [0.05, 0.1) is 14.2 Å². The van der Waals surface area contributed by atoms with E-state index in [1.807, 2.05) is 6.07 Å². The molecule has 0 spiro atoms. The minimum atomic E-state index is -0.582. The predicted molar refractivity (Wildman–Crippen MR) is 71.6 cm³/mol. The van der Waals surface area contributed by atoms with Crippen molar-refractivity contribution in [2.45, 2.75) is 19.4 Å². The molecule has 0 bridgehead atoms. The highest BCUT2D eigenvalue weighted by Crippen LogP contribution is 2.14. The minimum Gasteiger partial charge on any atom is -0.490 e. The number of aromatic nitrogens is 1. The van der Waals surface area contributed by atoms with Gasteiger partial charge in [0.2, 0.25) is 5.76 Å². The van der Waals surface area contributed by atoms with E-state index in [0.29, 0.717) is 0 Å². The number of aryl methyl sites for hydroxylation is 1. The number of carbonyl (C=O) groups is 1. The van der Waals surface area contributed by atoms with E-state index in [9.17, 15) is 9.59 Å². The number of hydrogen-bond acceptors (Lipinski definition) is 5. The van der Waals surface area contributed by atoms with Gasteiger partial charge in [-0.25, -0.2) is 4.79 Å². The van der Waals surface area contributed by atoms with Crippen molar-refractivity contribution in [1.29, 1.82) is 0 Å². The standard InChI is InChI=1S/C14H17NO5/c1-18-12(14(17)19-2)7-9-20-11-6-5-10-4-3-8-15(10)13(11)16/h5-7H,3-4,8-9H2,1-2H3/b12-7-. The lowest BCUT2D eigenvalue weighted by molar-refractivity contribution is -0.139. The van der Waals surface area contributed by atoms with Crippen LogP contribution in [-0.4, -0.2) is 31.4 Å². The molecule has 0 aliphatic carbocycles. The molecule has 1 aliphatic rings. The SMILES string of the molecule is COC(=O)/C(=C/COc1ccc2n(c1=O)CCC2)OC. The molecule has 1 aliphatic heterocycles. The zero-order valence-corrected chi connectivity index (χ0v) is 11.5. The maximum Gasteiger partial charge on any atom is 0.373 e. The maximum atomic E-state index is 12.1. The molecule has 6 nitrogen and oxygen atoms in total. The molecule has 6 heteroatoms. The molecular weight excluding hydrogens is 262 g/mol. The number of nitrogens with zero attached hydrogens (tertiary/aromatic N) is 1. The molecule has 2 heterocycles. The predicted octanol–water partition coefficient (Wildman–Crippen LogP) is 0.877. The second-order valence-electron chi connectivity index (χ2n) is 4.32. The fourth-order valence-electron chi connectivity index (χ4n) is 2.15. The van der Waals surface area contributed by atoms with Crippen LogP contribution in [0.1, 0.15) is 12.1 Å². The van der Waals surface area contributed by atoms with Gasteiger partial charge in [-0.2, -0.15) is 0 Å². The Morgan fingerprint density at radius 3 is 2.85 bits per heavy atom. The highest BCUT2D eigenvalue weighted by atomic mass is 16.6. The van der Waals surface area contributed by atoms with Crippen molar-refractivity contribution in [1.82, 2.24) is 4.57 Å². The highest BCUT2D eigenvalue weighted by molar-refractivity contribution is 5.86. The smallest absolute Gasteiger partial charge is 0.373 e. The van der Waals surface area contributed by atoms with Crippen molar-refractivity contribution in [3.63, 3.8) is 0 Å². The fourth-order valence-corrected chi connectivity index (χ4v) is 2.15. The molecule has 0 radical (unpaired) electrons. The Bertz CT molecular complexity index is 588. The summed E-state index contributed by atoms with van der Waals surface area (Å²) in [6.07, 6.45) is 3.34. The van der Waals surface area contributed by atoms with E-state index in [0.717, 1.165) is 25.1 Å². The highest BCUT2D eigenvalue weighted by Gasteiger charge is 2.14. The topological polar surface area (TPSA) is 66.8 Å². The average molecular weight is 279 g/mol. The first-order valence-electron chi connectivity index (χ1n) is 6.35. The Morgan fingerprint density at radius 2 is 2.15 bits per heavy atom. The van der Waals surface area contributed by atoms with Crippen LogP contribution in [0.25, 0.3) is 0 Å². The lowest BCUT2D eigenvalue weighted by Gasteiger charge is -2.08. The van der Waals surface area contributed by atoms with Crippen molar-refractivity contribution in [2.24, 2.45) is 0 Å². The molecule has 0 aromatic carbocycles. The fraction of sp³-hybridized carbons (Fsp3) is 0.429. The van der Waals surface area contributed by atoms with E-state index in [-0.39, 0.29) is 23.7 Å². The van der Waals surface area contributed by atoms with Gasteiger partial charge in [0.25, 0.3) is 5.56 Å². The van der Waals surface area contributed by atoms with Gasteiger partial charge >= 0.3 is 5.97 Å². The van der Waals surface area contributed by atoms with Crippen LogP contribution >= 0.6 is 0 Å². The Morgan fingerprint density at radius 1 is 1.35 bits per heavy atom. The summed E-state index contributed by atoms with van der Waals surface area (Å²) in [4.78, 5) is 23.4. The zero-order valence-electron chi connectivity index (χ0n) is 11.5. The number of hydrogen-bond donors (Lipinski definition) is 0. The van der Waals surface area contributed by atoms with Crippen LogP contribution in [0.5, 0.6) is 5.75 Å². The van der Waals surface area contributed by atoms with Gasteiger partial charge in [-0.1, -0.05) is 0 Å². The summed E-state index contributed by atoms with van der Waals surface area (Å²) in [5.41, 5.74) is 0.899. The van der Waals surface area contributed by atoms with E-state index in [4.69, 9.17) is 9.47 Å². The number of esters is 1. The molecule has 20 heavy (non-hydrogen) atoms. The summed E-state index contributed by atoms with van der Waals surface area (Å²) >= 11 is 0. The van der Waals surface area contributed by atoms with E-state index >= 15 is 0 Å². The molecule has 0 N–H and O–H groups in total. The first-order valence-corrected chi connectivity index (χ1v) is 6.35. The summed E-state index contributed by atoms with van der Waals surface area (Å²) in [5, 5.41) is 0. The summed E-state index contributed by atoms with van der Waals surface area (Å²) in [5.74, 6) is -0.261. The Labute approximate surface area is 116 Å². The van der Waals surface area contributed by atoms with E-state index in [1.165, 1.54) is 20.3 Å². The van der Waals surface area contributed by atoms with E-state index in [1.54, 1.807) is 10.6 Å². The van der Waals surface area contributed by atoms with Gasteiger partial charge < -0.3 is 18.8 Å². The third kappa shape index (κ3) is 2.84. The lowest BCUT2D eigenvalue weighted by Crippen LogP contribution is -2.21. The van der Waals surface area contributed by atoms with Crippen LogP contribution in [-0.2, 0) is 27.2 Å². The molecule has 0 saturated carbocycles. The van der Waals surface area contributed by atoms with Gasteiger partial charge in [-0.3, -0.25) is 4.79 Å². The van der Waals surface area contributed by atoms with E-state index in [2.05, 4.69) is 4.74 Å². The summed E-state index contributed by atoms with van der Waals surface area (Å²) in [6, 6.07) is 3.56. The quantitative estimate of drug-likeness (QED) is 0.454. The Hall–Kier alpha value is -2.24. The average Bonchev–Trinajstić information content (AvgIpc) is 2.94. The Balaban J connectivity index is 2.07. The number of fused-ring (bicyclic) bond motifs is 1. The largest absolute Gasteiger partial charge is 0.490 e. The Kier molecular flexibility index (Phi) is 4.45. The van der Waals surface area contributed by atoms with Gasteiger partial charge in [-0.05, 0) is 25.0 Å². The number of ether oxygens (including phenoxy) is 3. The van der Waals surface area contributed by atoms with Crippen LogP contribution in [0, 0.1) is 0 Å². The van der Waals surface area contributed by atoms with Crippen LogP contribution in [0.2, 0.25) is 0 Å². The lowest BCUT2D eigenvalue weighted by atomic mass is 10.3. The number of rotatable bonds is 5. The molecule has 1 aromatic rings. The van der Waals surface area contributed by atoms with Gasteiger partial charge in [0.15, 0.2) is 5.75 Å². The van der Waals surface area contributed by atoms with Crippen molar-refractivity contribution < 1.29 is 19.0 Å². The van der Waals surface area contributed by atoms with Gasteiger partial charge in [0, 0.05) is 18.3 Å². The molecule has 0 fully saturated rings. The summed E-state index contributed by atoms with van der Waals surface area (Å²) in [6.45, 7) is 0.791. The van der Waals surface area contributed by atoms with Gasteiger partial charge in [-0.15, -0.1) is 0 Å². The first kappa shape index (κ1) is 14.2. The third-order valence-corrected chi connectivity index (χ3v) is 3.16. The van der Waals surface area contributed by atoms with Crippen molar-refractivity contribution in [3.8, 4) is 5.75 Å².